The van der Waals surface area contributed by atoms with Crippen molar-refractivity contribution in [3.05, 3.63) is 35.1 Å². The van der Waals surface area contributed by atoms with Crippen molar-refractivity contribution in [2.45, 2.75) is 37.5 Å². The number of nitriles is 1. The SMILES string of the molecule is N#Cc1ccc(CNS(=O)(=O)C2CCCC2)c(F)c1. The van der Waals surface area contributed by atoms with Crippen LogP contribution in [-0.2, 0) is 16.6 Å². The van der Waals surface area contributed by atoms with E-state index < -0.39 is 15.8 Å². The number of benzene rings is 1. The third kappa shape index (κ3) is 3.31. The molecule has 1 aromatic rings. The van der Waals surface area contributed by atoms with Gasteiger partial charge in [-0.25, -0.2) is 17.5 Å². The minimum absolute atomic E-state index is 0.0730. The molecule has 1 N–H and O–H groups in total. The van der Waals surface area contributed by atoms with E-state index in [0.717, 1.165) is 18.9 Å². The van der Waals surface area contributed by atoms with Crippen molar-refractivity contribution in [1.82, 2.24) is 4.72 Å². The number of halogens is 1. The van der Waals surface area contributed by atoms with Crippen LogP contribution in [0.2, 0.25) is 0 Å². The van der Waals surface area contributed by atoms with E-state index in [0.29, 0.717) is 12.8 Å². The third-order valence-electron chi connectivity index (χ3n) is 3.39. The summed E-state index contributed by atoms with van der Waals surface area (Å²) >= 11 is 0. The minimum Gasteiger partial charge on any atom is -0.212 e. The molecule has 1 aromatic carbocycles. The molecule has 0 heterocycles. The van der Waals surface area contributed by atoms with Crippen molar-refractivity contribution in [3.8, 4) is 6.07 Å². The fraction of sp³-hybridized carbons (Fsp3) is 0.462. The molecule has 102 valence electrons. The number of nitrogens with zero attached hydrogens (tertiary/aromatic N) is 1. The van der Waals surface area contributed by atoms with E-state index in [1.807, 2.05) is 6.07 Å². The first-order chi connectivity index (χ1) is 9.03. The summed E-state index contributed by atoms with van der Waals surface area (Å²) in [5, 5.41) is 8.27. The summed E-state index contributed by atoms with van der Waals surface area (Å²) in [5.74, 6) is -0.562. The van der Waals surface area contributed by atoms with Gasteiger partial charge in [0, 0.05) is 12.1 Å². The number of sulfonamides is 1. The molecule has 0 atom stereocenters. The lowest BCUT2D eigenvalue weighted by molar-refractivity contribution is 0.559. The highest BCUT2D eigenvalue weighted by atomic mass is 32.2. The Morgan fingerprint density at radius 1 is 1.37 bits per heavy atom. The van der Waals surface area contributed by atoms with Crippen LogP contribution in [0, 0.1) is 17.1 Å². The topological polar surface area (TPSA) is 70.0 Å². The standard InChI is InChI=1S/C13H15FN2O2S/c14-13-7-10(8-15)5-6-11(13)9-16-19(17,18)12-3-1-2-4-12/h5-7,12,16H,1-4,9H2. The van der Waals surface area contributed by atoms with Gasteiger partial charge in [0.25, 0.3) is 0 Å². The first-order valence-corrected chi connectivity index (χ1v) is 7.74. The number of rotatable bonds is 4. The summed E-state index contributed by atoms with van der Waals surface area (Å²) in [5.41, 5.74) is 0.473. The van der Waals surface area contributed by atoms with Crippen LogP contribution in [0.4, 0.5) is 4.39 Å². The van der Waals surface area contributed by atoms with Crippen LogP contribution >= 0.6 is 0 Å². The summed E-state index contributed by atoms with van der Waals surface area (Å²) < 4.78 is 40.0. The average Bonchev–Trinajstić information content (AvgIpc) is 2.92. The minimum atomic E-state index is -3.37. The molecule has 0 radical (unpaired) electrons. The van der Waals surface area contributed by atoms with Gasteiger partial charge in [-0.1, -0.05) is 18.9 Å². The van der Waals surface area contributed by atoms with E-state index in [9.17, 15) is 12.8 Å². The van der Waals surface area contributed by atoms with E-state index >= 15 is 0 Å². The quantitative estimate of drug-likeness (QED) is 0.919. The molecular formula is C13H15FN2O2S. The van der Waals surface area contributed by atoms with Gasteiger partial charge < -0.3 is 0 Å². The Morgan fingerprint density at radius 2 is 2.05 bits per heavy atom. The second-order valence-electron chi connectivity index (χ2n) is 4.69. The summed E-state index contributed by atoms with van der Waals surface area (Å²) in [6.07, 6.45) is 3.20. The maximum Gasteiger partial charge on any atom is 0.214 e. The van der Waals surface area contributed by atoms with Crippen LogP contribution in [0.1, 0.15) is 36.8 Å². The summed E-state index contributed by atoms with van der Waals surface area (Å²) in [7, 11) is -3.37. The molecule has 0 saturated heterocycles. The van der Waals surface area contributed by atoms with Gasteiger partial charge in [0.2, 0.25) is 10.0 Å². The van der Waals surface area contributed by atoms with E-state index in [1.54, 1.807) is 0 Å². The van der Waals surface area contributed by atoms with E-state index in [-0.39, 0.29) is 22.9 Å². The van der Waals surface area contributed by atoms with Gasteiger partial charge in [-0.05, 0) is 25.0 Å². The zero-order valence-corrected chi connectivity index (χ0v) is 11.2. The Kier molecular flexibility index (Phi) is 4.17. The maximum absolute atomic E-state index is 13.6. The predicted molar refractivity (Wildman–Crippen MR) is 69.1 cm³/mol. The van der Waals surface area contributed by atoms with E-state index in [2.05, 4.69) is 4.72 Å². The Bertz CT molecular complexity index is 602. The molecule has 1 aliphatic rings. The maximum atomic E-state index is 13.6. The monoisotopic (exact) mass is 282 g/mol. The summed E-state index contributed by atoms with van der Waals surface area (Å²) in [6.45, 7) is -0.0730. The first kappa shape index (κ1) is 14.0. The Hall–Kier alpha value is -1.45. The Morgan fingerprint density at radius 3 is 2.63 bits per heavy atom. The van der Waals surface area contributed by atoms with Crippen LogP contribution in [0.25, 0.3) is 0 Å². The molecule has 4 nitrogen and oxygen atoms in total. The number of hydrogen-bond donors (Lipinski definition) is 1. The Labute approximate surface area is 112 Å². The molecule has 0 bridgehead atoms. The van der Waals surface area contributed by atoms with Crippen molar-refractivity contribution in [1.29, 1.82) is 5.26 Å². The predicted octanol–water partition coefficient (Wildman–Crippen LogP) is 2.06. The van der Waals surface area contributed by atoms with Crippen molar-refractivity contribution >= 4 is 10.0 Å². The zero-order chi connectivity index (χ0) is 13.9. The fourth-order valence-corrected chi connectivity index (χ4v) is 3.80. The molecule has 0 spiro atoms. The largest absolute Gasteiger partial charge is 0.214 e. The Balaban J connectivity index is 2.04. The van der Waals surface area contributed by atoms with Crippen molar-refractivity contribution in [2.75, 3.05) is 0 Å². The average molecular weight is 282 g/mol. The summed E-state index contributed by atoms with van der Waals surface area (Å²) in [4.78, 5) is 0. The first-order valence-electron chi connectivity index (χ1n) is 6.20. The lowest BCUT2D eigenvalue weighted by atomic mass is 10.1. The number of nitrogens with one attached hydrogen (secondary N) is 1. The molecule has 0 aliphatic heterocycles. The van der Waals surface area contributed by atoms with Gasteiger partial charge in [0.05, 0.1) is 16.9 Å². The molecule has 1 fully saturated rings. The van der Waals surface area contributed by atoms with Crippen molar-refractivity contribution < 1.29 is 12.8 Å². The fourth-order valence-electron chi connectivity index (χ4n) is 2.26. The molecule has 0 unspecified atom stereocenters. The molecule has 0 amide bonds. The highest BCUT2D eigenvalue weighted by molar-refractivity contribution is 7.90. The normalized spacial score (nSPS) is 16.4. The highest BCUT2D eigenvalue weighted by Crippen LogP contribution is 2.24. The van der Waals surface area contributed by atoms with Gasteiger partial charge in [-0.2, -0.15) is 5.26 Å². The lowest BCUT2D eigenvalue weighted by Crippen LogP contribution is -2.32. The third-order valence-corrected chi connectivity index (χ3v) is 5.28. The second kappa shape index (κ2) is 5.68. The number of hydrogen-bond acceptors (Lipinski definition) is 3. The lowest BCUT2D eigenvalue weighted by Gasteiger charge is -2.12. The molecular weight excluding hydrogens is 267 g/mol. The van der Waals surface area contributed by atoms with Crippen LogP contribution < -0.4 is 4.72 Å². The van der Waals surface area contributed by atoms with Crippen LogP contribution in [0.3, 0.4) is 0 Å². The van der Waals surface area contributed by atoms with Crippen LogP contribution in [-0.4, -0.2) is 13.7 Å². The molecule has 1 aliphatic carbocycles. The van der Waals surface area contributed by atoms with E-state index in [1.165, 1.54) is 12.1 Å². The van der Waals surface area contributed by atoms with Crippen LogP contribution in [0.15, 0.2) is 18.2 Å². The van der Waals surface area contributed by atoms with Crippen molar-refractivity contribution in [2.24, 2.45) is 0 Å². The van der Waals surface area contributed by atoms with Crippen molar-refractivity contribution in [3.63, 3.8) is 0 Å². The van der Waals surface area contributed by atoms with Gasteiger partial charge in [0.15, 0.2) is 0 Å². The highest BCUT2D eigenvalue weighted by Gasteiger charge is 2.28. The smallest absolute Gasteiger partial charge is 0.212 e. The van der Waals surface area contributed by atoms with Gasteiger partial charge in [-0.3, -0.25) is 0 Å². The zero-order valence-electron chi connectivity index (χ0n) is 10.4. The molecule has 6 heteroatoms. The van der Waals surface area contributed by atoms with Gasteiger partial charge in [-0.15, -0.1) is 0 Å². The second-order valence-corrected chi connectivity index (χ2v) is 6.74. The summed E-state index contributed by atoms with van der Waals surface area (Å²) in [6, 6.07) is 5.85. The molecule has 1 saturated carbocycles. The molecule has 0 aromatic heterocycles. The van der Waals surface area contributed by atoms with Gasteiger partial charge in [0.1, 0.15) is 5.82 Å². The van der Waals surface area contributed by atoms with Crippen LogP contribution in [0.5, 0.6) is 0 Å². The van der Waals surface area contributed by atoms with E-state index in [4.69, 9.17) is 5.26 Å². The molecule has 19 heavy (non-hydrogen) atoms. The van der Waals surface area contributed by atoms with Gasteiger partial charge >= 0.3 is 0 Å². The molecule has 2 rings (SSSR count).